The number of urea groups is 1. The van der Waals surface area contributed by atoms with Gasteiger partial charge in [0.25, 0.3) is 0 Å². The zero-order valence-corrected chi connectivity index (χ0v) is 12.5. The van der Waals surface area contributed by atoms with E-state index in [0.29, 0.717) is 19.6 Å². The molecule has 8 heteroatoms. The van der Waals surface area contributed by atoms with Crippen molar-refractivity contribution in [1.29, 1.82) is 0 Å². The summed E-state index contributed by atoms with van der Waals surface area (Å²) >= 11 is 5.86. The largest absolute Gasteiger partial charge is 0.416 e. The van der Waals surface area contributed by atoms with Crippen LogP contribution >= 0.6 is 11.6 Å². The number of nitrogens with zero attached hydrogens (tertiary/aromatic N) is 1. The number of carbonyl (C=O) groups excluding carboxylic acids is 1. The van der Waals surface area contributed by atoms with E-state index in [-0.39, 0.29) is 16.6 Å². The normalized spacial score (nSPS) is 19.1. The fourth-order valence-corrected chi connectivity index (χ4v) is 2.60. The monoisotopic (exact) mass is 335 g/mol. The highest BCUT2D eigenvalue weighted by atomic mass is 35.5. The average Bonchev–Trinajstić information content (AvgIpc) is 2.48. The Morgan fingerprint density at radius 2 is 2.18 bits per heavy atom. The van der Waals surface area contributed by atoms with Crippen LogP contribution in [-0.2, 0) is 6.18 Å². The van der Waals surface area contributed by atoms with E-state index in [2.05, 4.69) is 5.32 Å². The van der Waals surface area contributed by atoms with Gasteiger partial charge in [-0.25, -0.2) is 4.79 Å². The van der Waals surface area contributed by atoms with E-state index in [1.807, 2.05) is 0 Å². The summed E-state index contributed by atoms with van der Waals surface area (Å²) in [5, 5.41) is 2.51. The molecule has 22 heavy (non-hydrogen) atoms. The number of amides is 2. The molecule has 0 radical (unpaired) electrons. The first-order valence-electron chi connectivity index (χ1n) is 6.94. The fourth-order valence-electron chi connectivity index (χ4n) is 2.43. The minimum Gasteiger partial charge on any atom is -0.330 e. The van der Waals surface area contributed by atoms with Crippen LogP contribution in [0.1, 0.15) is 18.4 Å². The lowest BCUT2D eigenvalue weighted by atomic mass is 9.99. The van der Waals surface area contributed by atoms with Gasteiger partial charge in [-0.2, -0.15) is 13.2 Å². The van der Waals surface area contributed by atoms with Crippen LogP contribution in [0.4, 0.5) is 23.7 Å². The second-order valence-corrected chi connectivity index (χ2v) is 5.72. The maximum atomic E-state index is 12.7. The van der Waals surface area contributed by atoms with E-state index in [4.69, 9.17) is 17.3 Å². The number of alkyl halides is 3. The van der Waals surface area contributed by atoms with E-state index in [9.17, 15) is 18.0 Å². The van der Waals surface area contributed by atoms with Crippen molar-refractivity contribution in [3.05, 3.63) is 28.8 Å². The Kier molecular flexibility index (Phi) is 5.18. The smallest absolute Gasteiger partial charge is 0.330 e. The van der Waals surface area contributed by atoms with Crippen LogP contribution in [0.25, 0.3) is 0 Å². The molecule has 1 aliphatic rings. The second-order valence-electron chi connectivity index (χ2n) is 5.31. The predicted molar refractivity (Wildman–Crippen MR) is 78.8 cm³/mol. The first kappa shape index (κ1) is 16.9. The summed E-state index contributed by atoms with van der Waals surface area (Å²) in [7, 11) is 0. The highest BCUT2D eigenvalue weighted by molar-refractivity contribution is 6.33. The highest BCUT2D eigenvalue weighted by Crippen LogP contribution is 2.34. The molecule has 0 bridgehead atoms. The van der Waals surface area contributed by atoms with E-state index >= 15 is 0 Å². The van der Waals surface area contributed by atoms with Gasteiger partial charge in [-0.05, 0) is 43.5 Å². The number of anilines is 1. The molecule has 0 aliphatic carbocycles. The lowest BCUT2D eigenvalue weighted by Crippen LogP contribution is -2.44. The molecule has 1 aromatic rings. The number of nitrogens with one attached hydrogen (secondary N) is 1. The standard InChI is InChI=1S/C14H17ClF3N3O/c15-11-4-3-10(14(16,17)18)6-12(11)20-13(22)21-5-1-2-9(7-19)8-21/h3-4,6,9H,1-2,5,7-8,19H2,(H,20,22)/t9-/m1/s1. The molecule has 2 rings (SSSR count). The van der Waals surface area contributed by atoms with Crippen molar-refractivity contribution < 1.29 is 18.0 Å². The third-order valence-electron chi connectivity index (χ3n) is 3.67. The number of hydrogen-bond acceptors (Lipinski definition) is 2. The van der Waals surface area contributed by atoms with Crippen molar-refractivity contribution >= 4 is 23.3 Å². The topological polar surface area (TPSA) is 58.4 Å². The van der Waals surface area contributed by atoms with Gasteiger partial charge in [-0.1, -0.05) is 11.6 Å². The molecule has 122 valence electrons. The third-order valence-corrected chi connectivity index (χ3v) is 4.00. The molecular formula is C14H17ClF3N3O. The molecule has 1 saturated heterocycles. The molecule has 0 saturated carbocycles. The molecule has 1 aliphatic heterocycles. The summed E-state index contributed by atoms with van der Waals surface area (Å²) in [4.78, 5) is 13.7. The van der Waals surface area contributed by atoms with E-state index in [0.717, 1.165) is 31.0 Å². The van der Waals surface area contributed by atoms with Crippen molar-refractivity contribution in [3.63, 3.8) is 0 Å². The molecule has 1 aromatic carbocycles. The molecule has 3 N–H and O–H groups in total. The van der Waals surface area contributed by atoms with Gasteiger partial charge in [0.2, 0.25) is 0 Å². The van der Waals surface area contributed by atoms with Crippen LogP contribution in [0.15, 0.2) is 18.2 Å². The van der Waals surface area contributed by atoms with Gasteiger partial charge < -0.3 is 16.0 Å². The van der Waals surface area contributed by atoms with Gasteiger partial charge in [0.05, 0.1) is 16.3 Å². The van der Waals surface area contributed by atoms with E-state index in [1.165, 1.54) is 0 Å². The molecule has 0 unspecified atom stereocenters. The summed E-state index contributed by atoms with van der Waals surface area (Å²) in [5.74, 6) is 0.219. The first-order valence-corrected chi connectivity index (χ1v) is 7.32. The average molecular weight is 336 g/mol. The summed E-state index contributed by atoms with van der Waals surface area (Å²) in [6, 6.07) is 2.38. The minimum atomic E-state index is -4.49. The van der Waals surface area contributed by atoms with Crippen LogP contribution in [0, 0.1) is 5.92 Å². The number of piperidine rings is 1. The van der Waals surface area contributed by atoms with Crippen LogP contribution < -0.4 is 11.1 Å². The molecular weight excluding hydrogens is 319 g/mol. The van der Waals surface area contributed by atoms with Gasteiger partial charge in [0.1, 0.15) is 0 Å². The van der Waals surface area contributed by atoms with Gasteiger partial charge in [0.15, 0.2) is 0 Å². The summed E-state index contributed by atoms with van der Waals surface area (Å²) in [5.41, 5.74) is 4.70. The number of hydrogen-bond donors (Lipinski definition) is 2. The number of likely N-dealkylation sites (tertiary alicyclic amines) is 1. The minimum absolute atomic E-state index is 0.0450. The maximum Gasteiger partial charge on any atom is 0.416 e. The summed E-state index contributed by atoms with van der Waals surface area (Å²) < 4.78 is 38.1. The van der Waals surface area contributed by atoms with Crippen LogP contribution in [0.5, 0.6) is 0 Å². The highest BCUT2D eigenvalue weighted by Gasteiger charge is 2.31. The lowest BCUT2D eigenvalue weighted by molar-refractivity contribution is -0.137. The predicted octanol–water partition coefficient (Wildman–Crippen LogP) is 3.56. The Hall–Kier alpha value is -1.47. The molecule has 4 nitrogen and oxygen atoms in total. The molecule has 0 spiro atoms. The third kappa shape index (κ3) is 4.04. The van der Waals surface area contributed by atoms with Crippen molar-refractivity contribution in [1.82, 2.24) is 4.90 Å². The van der Waals surface area contributed by atoms with Crippen LogP contribution in [-0.4, -0.2) is 30.6 Å². The maximum absolute atomic E-state index is 12.7. The molecule has 0 aromatic heterocycles. The number of nitrogens with two attached hydrogens (primary N) is 1. The zero-order chi connectivity index (χ0) is 16.3. The molecule has 1 heterocycles. The Morgan fingerprint density at radius 3 is 2.82 bits per heavy atom. The fraction of sp³-hybridized carbons (Fsp3) is 0.500. The van der Waals surface area contributed by atoms with Gasteiger partial charge in [-0.3, -0.25) is 0 Å². The van der Waals surface area contributed by atoms with Crippen molar-refractivity contribution in [2.24, 2.45) is 11.7 Å². The van der Waals surface area contributed by atoms with Gasteiger partial charge >= 0.3 is 12.2 Å². The van der Waals surface area contributed by atoms with Gasteiger partial charge in [-0.15, -0.1) is 0 Å². The Bertz CT molecular complexity index is 551. The van der Waals surface area contributed by atoms with Crippen LogP contribution in [0.3, 0.4) is 0 Å². The molecule has 2 amide bonds. The number of carbonyl (C=O) groups is 1. The Balaban J connectivity index is 2.11. The second kappa shape index (κ2) is 6.75. The van der Waals surface area contributed by atoms with Crippen molar-refractivity contribution in [3.8, 4) is 0 Å². The summed E-state index contributed by atoms with van der Waals surface area (Å²) in [6.07, 6.45) is -2.71. The SMILES string of the molecule is NC[C@H]1CCCN(C(=O)Nc2cc(C(F)(F)F)ccc2Cl)C1. The van der Waals surface area contributed by atoms with Crippen molar-refractivity contribution in [2.75, 3.05) is 25.0 Å². The van der Waals surface area contributed by atoms with Crippen molar-refractivity contribution in [2.45, 2.75) is 19.0 Å². The molecule has 1 fully saturated rings. The first-order chi connectivity index (χ1) is 10.3. The molecule has 1 atom stereocenters. The number of benzene rings is 1. The Labute approximate surface area is 131 Å². The Morgan fingerprint density at radius 1 is 1.45 bits per heavy atom. The summed E-state index contributed by atoms with van der Waals surface area (Å²) in [6.45, 7) is 1.53. The number of rotatable bonds is 2. The number of halogens is 4. The zero-order valence-electron chi connectivity index (χ0n) is 11.8. The quantitative estimate of drug-likeness (QED) is 0.868. The van der Waals surface area contributed by atoms with Gasteiger partial charge in [0, 0.05) is 13.1 Å². The van der Waals surface area contributed by atoms with Crippen LogP contribution in [0.2, 0.25) is 5.02 Å². The lowest BCUT2D eigenvalue weighted by Gasteiger charge is -2.32. The van der Waals surface area contributed by atoms with E-state index in [1.54, 1.807) is 4.90 Å². The van der Waals surface area contributed by atoms with E-state index < -0.39 is 17.8 Å².